The van der Waals surface area contributed by atoms with Crippen LogP contribution in [0.1, 0.15) is 40.0 Å². The molecule has 0 spiro atoms. The van der Waals surface area contributed by atoms with Crippen LogP contribution in [0.25, 0.3) is 0 Å². The Labute approximate surface area is 95.9 Å². The number of alkyl carbamates (subject to hydrolysis) is 1. The second-order valence-electron chi connectivity index (χ2n) is 4.99. The number of amides is 2. The van der Waals surface area contributed by atoms with E-state index in [2.05, 4.69) is 10.6 Å². The average Bonchev–Trinajstić information content (AvgIpc) is 2.29. The predicted molar refractivity (Wildman–Crippen MR) is 60.0 cm³/mol. The molecular weight excluding hydrogens is 208 g/mol. The highest BCUT2D eigenvalue weighted by molar-refractivity contribution is 5.85. The van der Waals surface area contributed by atoms with Crippen molar-refractivity contribution >= 4 is 12.0 Å². The van der Waals surface area contributed by atoms with Crippen molar-refractivity contribution in [3.63, 3.8) is 0 Å². The molecule has 0 bridgehead atoms. The lowest BCUT2D eigenvalue weighted by molar-refractivity contribution is -0.122. The van der Waals surface area contributed by atoms with E-state index in [-0.39, 0.29) is 5.91 Å². The maximum absolute atomic E-state index is 11.5. The van der Waals surface area contributed by atoms with Crippen LogP contribution in [0, 0.1) is 0 Å². The van der Waals surface area contributed by atoms with Crippen LogP contribution in [0.15, 0.2) is 0 Å². The van der Waals surface area contributed by atoms with E-state index in [9.17, 15) is 9.59 Å². The summed E-state index contributed by atoms with van der Waals surface area (Å²) in [6.07, 6.45) is 2.03. The van der Waals surface area contributed by atoms with Gasteiger partial charge in [-0.15, -0.1) is 0 Å². The van der Waals surface area contributed by atoms with Crippen molar-refractivity contribution in [2.45, 2.75) is 51.7 Å². The fourth-order valence-electron chi connectivity index (χ4n) is 1.53. The lowest BCUT2D eigenvalue weighted by Crippen LogP contribution is -2.47. The zero-order chi connectivity index (χ0) is 12.2. The first-order valence-corrected chi connectivity index (χ1v) is 5.66. The highest BCUT2D eigenvalue weighted by Gasteiger charge is 2.25. The quantitative estimate of drug-likeness (QED) is 0.708. The summed E-state index contributed by atoms with van der Waals surface area (Å²) >= 11 is 0. The van der Waals surface area contributed by atoms with Gasteiger partial charge in [0.15, 0.2) is 0 Å². The van der Waals surface area contributed by atoms with Crippen LogP contribution in [0.4, 0.5) is 4.79 Å². The first-order chi connectivity index (χ1) is 7.38. The molecule has 0 aromatic rings. The molecule has 1 atom stereocenters. The predicted octanol–water partition coefficient (Wildman–Crippen LogP) is 1.18. The summed E-state index contributed by atoms with van der Waals surface area (Å²) in [6, 6.07) is -0.461. The molecule has 0 aromatic heterocycles. The second kappa shape index (κ2) is 5.18. The molecule has 2 N–H and O–H groups in total. The van der Waals surface area contributed by atoms with Crippen molar-refractivity contribution in [2.24, 2.45) is 0 Å². The van der Waals surface area contributed by atoms with Crippen molar-refractivity contribution in [3.05, 3.63) is 0 Å². The van der Waals surface area contributed by atoms with Crippen LogP contribution in [0.3, 0.4) is 0 Å². The average molecular weight is 228 g/mol. The molecule has 1 fully saturated rings. The van der Waals surface area contributed by atoms with E-state index >= 15 is 0 Å². The molecule has 1 aliphatic rings. The van der Waals surface area contributed by atoms with Crippen LogP contribution in [0.5, 0.6) is 0 Å². The van der Waals surface area contributed by atoms with Gasteiger partial charge in [0, 0.05) is 6.54 Å². The summed E-state index contributed by atoms with van der Waals surface area (Å²) in [6.45, 7) is 6.06. The van der Waals surface area contributed by atoms with Gasteiger partial charge in [0.2, 0.25) is 5.91 Å². The highest BCUT2D eigenvalue weighted by atomic mass is 16.6. The molecule has 0 aliphatic carbocycles. The zero-order valence-corrected chi connectivity index (χ0v) is 10.1. The minimum absolute atomic E-state index is 0.122. The summed E-state index contributed by atoms with van der Waals surface area (Å²) in [5.74, 6) is -0.122. The normalized spacial score (nSPS) is 21.9. The molecule has 1 aliphatic heterocycles. The largest absolute Gasteiger partial charge is 0.444 e. The third kappa shape index (κ3) is 4.51. The van der Waals surface area contributed by atoms with Gasteiger partial charge in [-0.05, 0) is 40.0 Å². The fourth-order valence-corrected chi connectivity index (χ4v) is 1.53. The van der Waals surface area contributed by atoms with Crippen molar-refractivity contribution < 1.29 is 14.3 Å². The zero-order valence-electron chi connectivity index (χ0n) is 10.1. The maximum atomic E-state index is 11.5. The molecule has 1 heterocycles. The Hall–Kier alpha value is -1.26. The Morgan fingerprint density at radius 3 is 2.75 bits per heavy atom. The standard InChI is InChI=1S/C11H20N2O3/c1-11(2,3)16-10(15)13-8-6-4-5-7-12-9(8)14/h8H,4-7H2,1-3H3,(H,12,14)(H,13,15)/t8-/m1/s1. The van der Waals surface area contributed by atoms with Crippen molar-refractivity contribution in [3.8, 4) is 0 Å². The highest BCUT2D eigenvalue weighted by Crippen LogP contribution is 2.09. The number of rotatable bonds is 1. The number of hydrogen-bond acceptors (Lipinski definition) is 3. The maximum Gasteiger partial charge on any atom is 0.408 e. The van der Waals surface area contributed by atoms with Crippen molar-refractivity contribution in [1.82, 2.24) is 10.6 Å². The van der Waals surface area contributed by atoms with Gasteiger partial charge in [-0.2, -0.15) is 0 Å². The van der Waals surface area contributed by atoms with Crippen LogP contribution < -0.4 is 10.6 Å². The molecule has 2 amide bonds. The number of carbonyl (C=O) groups is 2. The van der Waals surface area contributed by atoms with Gasteiger partial charge in [0.25, 0.3) is 0 Å². The topological polar surface area (TPSA) is 67.4 Å². The van der Waals surface area contributed by atoms with E-state index in [1.807, 2.05) is 0 Å². The van der Waals surface area contributed by atoms with Gasteiger partial charge in [-0.25, -0.2) is 4.79 Å². The third-order valence-electron chi connectivity index (χ3n) is 2.23. The van der Waals surface area contributed by atoms with E-state index in [1.165, 1.54) is 0 Å². The third-order valence-corrected chi connectivity index (χ3v) is 2.23. The monoisotopic (exact) mass is 228 g/mol. The van der Waals surface area contributed by atoms with Gasteiger partial charge in [-0.3, -0.25) is 4.79 Å². The minimum Gasteiger partial charge on any atom is -0.444 e. The van der Waals surface area contributed by atoms with E-state index in [4.69, 9.17) is 4.74 Å². The summed E-state index contributed by atoms with van der Waals surface area (Å²) < 4.78 is 5.10. The molecule has 0 saturated carbocycles. The number of ether oxygens (including phenoxy) is 1. The summed E-state index contributed by atoms with van der Waals surface area (Å²) in [7, 11) is 0. The smallest absolute Gasteiger partial charge is 0.408 e. The van der Waals surface area contributed by atoms with Gasteiger partial charge < -0.3 is 15.4 Å². The molecule has 5 heteroatoms. The Morgan fingerprint density at radius 1 is 1.44 bits per heavy atom. The number of nitrogens with one attached hydrogen (secondary N) is 2. The lowest BCUT2D eigenvalue weighted by atomic mass is 10.1. The van der Waals surface area contributed by atoms with Crippen LogP contribution in [-0.4, -0.2) is 30.2 Å². The van der Waals surface area contributed by atoms with Gasteiger partial charge in [0.1, 0.15) is 11.6 Å². The SMILES string of the molecule is CC(C)(C)OC(=O)N[C@@H]1CCCCNC1=O. The summed E-state index contributed by atoms with van der Waals surface area (Å²) in [5, 5.41) is 5.35. The molecule has 92 valence electrons. The van der Waals surface area contributed by atoms with Crippen molar-refractivity contribution in [1.29, 1.82) is 0 Å². The molecular formula is C11H20N2O3. The molecule has 16 heavy (non-hydrogen) atoms. The first-order valence-electron chi connectivity index (χ1n) is 5.66. The van der Waals surface area contributed by atoms with Crippen LogP contribution >= 0.6 is 0 Å². The molecule has 5 nitrogen and oxygen atoms in total. The second-order valence-corrected chi connectivity index (χ2v) is 4.99. The molecule has 0 unspecified atom stereocenters. The summed E-state index contributed by atoms with van der Waals surface area (Å²) in [4.78, 5) is 23.0. The van der Waals surface area contributed by atoms with E-state index in [0.29, 0.717) is 13.0 Å². The molecule has 0 radical (unpaired) electrons. The van der Waals surface area contributed by atoms with E-state index in [0.717, 1.165) is 12.8 Å². The Kier molecular flexibility index (Phi) is 4.15. The van der Waals surface area contributed by atoms with Gasteiger partial charge in [-0.1, -0.05) is 0 Å². The number of hydrogen-bond donors (Lipinski definition) is 2. The van der Waals surface area contributed by atoms with E-state index in [1.54, 1.807) is 20.8 Å². The number of carbonyl (C=O) groups excluding carboxylic acids is 2. The minimum atomic E-state index is -0.536. The van der Waals surface area contributed by atoms with Crippen LogP contribution in [-0.2, 0) is 9.53 Å². The van der Waals surface area contributed by atoms with E-state index < -0.39 is 17.7 Å². The molecule has 1 rings (SSSR count). The van der Waals surface area contributed by atoms with Gasteiger partial charge >= 0.3 is 6.09 Å². The van der Waals surface area contributed by atoms with Crippen molar-refractivity contribution in [2.75, 3.05) is 6.54 Å². The summed E-state index contributed by atoms with van der Waals surface area (Å²) in [5.41, 5.74) is -0.536. The van der Waals surface area contributed by atoms with Crippen LogP contribution in [0.2, 0.25) is 0 Å². The Balaban J connectivity index is 2.45. The molecule has 1 saturated heterocycles. The van der Waals surface area contributed by atoms with Gasteiger partial charge in [0.05, 0.1) is 0 Å². The Bertz CT molecular complexity index is 271. The Morgan fingerprint density at radius 2 is 2.12 bits per heavy atom. The lowest BCUT2D eigenvalue weighted by Gasteiger charge is -2.22. The first kappa shape index (κ1) is 12.8. The fraction of sp³-hybridized carbons (Fsp3) is 0.818. The molecule has 0 aromatic carbocycles.